The Morgan fingerprint density at radius 2 is 1.23 bits per heavy atom. The van der Waals surface area contributed by atoms with Crippen molar-refractivity contribution in [3.63, 3.8) is 0 Å². The van der Waals surface area contributed by atoms with Crippen LogP contribution >= 0.6 is 0 Å². The topological polar surface area (TPSA) is 124 Å². The Hall–Kier alpha value is -4.80. The van der Waals surface area contributed by atoms with Crippen molar-refractivity contribution in [1.82, 2.24) is 0 Å². The van der Waals surface area contributed by atoms with Crippen molar-refractivity contribution >= 4 is 23.9 Å². The van der Waals surface area contributed by atoms with E-state index in [4.69, 9.17) is 28.4 Å². The van der Waals surface area contributed by atoms with E-state index in [0.717, 1.165) is 29.9 Å². The van der Waals surface area contributed by atoms with Gasteiger partial charge in [-0.15, -0.1) is 0 Å². The molecule has 0 unspecified atom stereocenters. The highest BCUT2D eigenvalue weighted by Crippen LogP contribution is 2.38. The molecule has 2 aliphatic rings. The molecule has 1 saturated heterocycles. The van der Waals surface area contributed by atoms with Gasteiger partial charge in [0.15, 0.2) is 18.5 Å². The molecule has 10 heteroatoms. The highest BCUT2D eigenvalue weighted by molar-refractivity contribution is 5.91. The van der Waals surface area contributed by atoms with E-state index in [-0.39, 0.29) is 19.2 Å². The molecule has 2 atom stereocenters. The molecule has 3 aromatic carbocycles. The second kappa shape index (κ2) is 19.3. The van der Waals surface area contributed by atoms with Crippen LogP contribution in [0.1, 0.15) is 106 Å². The van der Waals surface area contributed by atoms with Crippen LogP contribution in [0.15, 0.2) is 84.9 Å². The third-order valence-electron chi connectivity index (χ3n) is 9.74. The quantitative estimate of drug-likeness (QED) is 0.0467. The zero-order valence-corrected chi connectivity index (χ0v) is 30.9. The number of benzene rings is 3. The largest absolute Gasteiger partial charge is 0.464 e. The molecule has 1 saturated carbocycles. The molecule has 1 aliphatic carbocycles. The fourth-order valence-corrected chi connectivity index (χ4v) is 6.80. The smallest absolute Gasteiger partial charge is 0.343 e. The van der Waals surface area contributed by atoms with Crippen molar-refractivity contribution in [2.45, 2.75) is 96.6 Å². The fraction of sp³-hybridized carbons (Fsp3) is 0.442. The molecule has 10 nitrogen and oxygen atoms in total. The Bertz CT molecular complexity index is 1660. The van der Waals surface area contributed by atoms with Crippen molar-refractivity contribution < 1.29 is 47.6 Å². The van der Waals surface area contributed by atoms with Gasteiger partial charge < -0.3 is 28.4 Å². The third kappa shape index (κ3) is 10.9. The minimum absolute atomic E-state index is 0.125. The monoisotopic (exact) mass is 726 g/mol. The Balaban J connectivity index is 1.07. The second-order valence-corrected chi connectivity index (χ2v) is 13.6. The molecule has 0 amide bonds. The summed E-state index contributed by atoms with van der Waals surface area (Å²) in [5, 5.41) is 0. The van der Waals surface area contributed by atoms with Gasteiger partial charge in [-0.2, -0.15) is 0 Å². The van der Waals surface area contributed by atoms with E-state index in [0.29, 0.717) is 35.0 Å². The summed E-state index contributed by atoms with van der Waals surface area (Å²) < 4.78 is 32.3. The van der Waals surface area contributed by atoms with Gasteiger partial charge in [-0.3, -0.25) is 0 Å². The third-order valence-corrected chi connectivity index (χ3v) is 9.74. The van der Waals surface area contributed by atoms with Gasteiger partial charge in [0.25, 0.3) is 0 Å². The maximum atomic E-state index is 13.0. The summed E-state index contributed by atoms with van der Waals surface area (Å²) in [6, 6.07) is 22.6. The van der Waals surface area contributed by atoms with Crippen LogP contribution in [-0.2, 0) is 38.1 Å². The van der Waals surface area contributed by atoms with E-state index in [9.17, 15) is 19.2 Å². The summed E-state index contributed by atoms with van der Waals surface area (Å²) in [5.41, 5.74) is 4.85. The van der Waals surface area contributed by atoms with Gasteiger partial charge in [-0.25, -0.2) is 19.2 Å². The zero-order chi connectivity index (χ0) is 37.7. The van der Waals surface area contributed by atoms with E-state index in [1.807, 2.05) is 12.1 Å². The van der Waals surface area contributed by atoms with Crippen molar-refractivity contribution in [2.24, 2.45) is 5.92 Å². The summed E-state index contributed by atoms with van der Waals surface area (Å²) >= 11 is 0. The molecular formula is C43H50O10. The molecule has 282 valence electrons. The average Bonchev–Trinajstić information content (AvgIpc) is 3.63. The first-order chi connectivity index (χ1) is 25.7. The van der Waals surface area contributed by atoms with Crippen LogP contribution in [-0.4, -0.2) is 55.9 Å². The molecule has 5 rings (SSSR count). The molecule has 1 heterocycles. The number of carbonyl (C=O) groups is 4. The molecule has 1 aliphatic heterocycles. The number of hydrogen-bond donors (Lipinski definition) is 0. The lowest BCUT2D eigenvalue weighted by Gasteiger charge is -2.29. The first-order valence-electron chi connectivity index (χ1n) is 18.7. The van der Waals surface area contributed by atoms with Crippen LogP contribution in [0.5, 0.6) is 5.75 Å². The molecule has 0 aromatic heterocycles. The number of carbonyl (C=O) groups excluding carboxylic acids is 4. The maximum absolute atomic E-state index is 13.0. The van der Waals surface area contributed by atoms with Crippen molar-refractivity contribution in [2.75, 3.05) is 19.8 Å². The number of hydrogen-bond acceptors (Lipinski definition) is 10. The summed E-state index contributed by atoms with van der Waals surface area (Å²) in [7, 11) is 0. The number of esters is 4. The Morgan fingerprint density at radius 1 is 0.679 bits per heavy atom. The Labute approximate surface area is 311 Å². The minimum Gasteiger partial charge on any atom is -0.464 e. The number of ether oxygens (including phenoxy) is 6. The molecule has 53 heavy (non-hydrogen) atoms. The normalized spacial score (nSPS) is 20.0. The highest BCUT2D eigenvalue weighted by Gasteiger charge is 2.47. The van der Waals surface area contributed by atoms with Crippen LogP contribution in [0, 0.1) is 5.92 Å². The van der Waals surface area contributed by atoms with Gasteiger partial charge >= 0.3 is 23.9 Å². The first kappa shape index (κ1) is 39.4. The van der Waals surface area contributed by atoms with Gasteiger partial charge in [-0.05, 0) is 106 Å². The van der Waals surface area contributed by atoms with Gasteiger partial charge in [0.2, 0.25) is 0 Å². The van der Waals surface area contributed by atoms with Crippen molar-refractivity contribution in [3.05, 3.63) is 102 Å². The van der Waals surface area contributed by atoms with Gasteiger partial charge in [-0.1, -0.05) is 74.4 Å². The fourth-order valence-electron chi connectivity index (χ4n) is 6.80. The minimum atomic E-state index is -1.26. The predicted octanol–water partition coefficient (Wildman–Crippen LogP) is 8.44. The van der Waals surface area contributed by atoms with Crippen LogP contribution in [0.2, 0.25) is 0 Å². The molecular weight excluding hydrogens is 676 g/mol. The maximum Gasteiger partial charge on any atom is 0.343 e. The van der Waals surface area contributed by atoms with Crippen molar-refractivity contribution in [3.8, 4) is 16.9 Å². The molecule has 0 N–H and O–H groups in total. The number of unbranched alkanes of at least 4 members (excludes halogenated alkanes) is 2. The van der Waals surface area contributed by atoms with Crippen LogP contribution in [0.3, 0.4) is 0 Å². The standard InChI is InChI=1S/C43H50O10/c1-5-48-41(46)37-38(42(47)49-6-2)53-43(52-37)35-23-25-36(26-24-35)51-40(45)34-21-19-33(20-22-34)32-17-15-31(16-18-32)30-13-11-29(12-14-30)10-8-7-9-27-50-39(44)28(3)4/h15-26,29-30,37-38,43H,3,5-14,27H2,1-2,4H3/t29-,30-,37-,38-/m1/s1. The lowest BCUT2D eigenvalue weighted by molar-refractivity contribution is -0.163. The number of rotatable bonds is 16. The van der Waals surface area contributed by atoms with E-state index >= 15 is 0 Å². The Morgan fingerprint density at radius 3 is 1.77 bits per heavy atom. The van der Waals surface area contributed by atoms with E-state index in [1.165, 1.54) is 44.1 Å². The highest BCUT2D eigenvalue weighted by atomic mass is 16.8. The van der Waals surface area contributed by atoms with Gasteiger partial charge in [0.05, 0.1) is 25.4 Å². The van der Waals surface area contributed by atoms with E-state index < -0.39 is 36.4 Å². The second-order valence-electron chi connectivity index (χ2n) is 13.6. The van der Waals surface area contributed by atoms with Crippen LogP contribution in [0.4, 0.5) is 0 Å². The van der Waals surface area contributed by atoms with Gasteiger partial charge in [0.1, 0.15) is 5.75 Å². The lowest BCUT2D eigenvalue weighted by Crippen LogP contribution is -2.39. The van der Waals surface area contributed by atoms with E-state index in [1.54, 1.807) is 57.2 Å². The summed E-state index contributed by atoms with van der Waals surface area (Å²) in [6.07, 6.45) is 5.76. The molecule has 0 bridgehead atoms. The lowest BCUT2D eigenvalue weighted by atomic mass is 9.77. The van der Waals surface area contributed by atoms with Crippen LogP contribution < -0.4 is 4.74 Å². The molecule has 0 spiro atoms. The summed E-state index contributed by atoms with van der Waals surface area (Å²) in [5.74, 6) is -0.563. The van der Waals surface area contributed by atoms with Crippen LogP contribution in [0.25, 0.3) is 11.1 Å². The molecule has 2 fully saturated rings. The SMILES string of the molecule is C=C(C)C(=O)OCCCCC[C@H]1CC[C@H](c2ccc(-c3ccc(C(=O)Oc4ccc(C5O[C@@H](C(=O)OCC)[C@H](C(=O)OCC)O5)cc4)cc3)cc2)CC1. The van der Waals surface area contributed by atoms with Crippen molar-refractivity contribution in [1.29, 1.82) is 0 Å². The molecule has 3 aromatic rings. The Kier molecular flexibility index (Phi) is 14.4. The summed E-state index contributed by atoms with van der Waals surface area (Å²) in [6.45, 7) is 9.32. The molecule has 0 radical (unpaired) electrons. The van der Waals surface area contributed by atoms with E-state index in [2.05, 4.69) is 30.8 Å². The average molecular weight is 727 g/mol. The summed E-state index contributed by atoms with van der Waals surface area (Å²) in [4.78, 5) is 49.2. The predicted molar refractivity (Wildman–Crippen MR) is 198 cm³/mol. The first-order valence-corrected chi connectivity index (χ1v) is 18.7. The van der Waals surface area contributed by atoms with Gasteiger partial charge in [0, 0.05) is 11.1 Å². The zero-order valence-electron chi connectivity index (χ0n) is 30.9.